The molecule has 1 unspecified atom stereocenters. The summed E-state index contributed by atoms with van der Waals surface area (Å²) in [5, 5.41) is 7.23. The molecule has 0 bridgehead atoms. The summed E-state index contributed by atoms with van der Waals surface area (Å²) in [4.78, 5) is 30.4. The Kier molecular flexibility index (Phi) is 8.24. The van der Waals surface area contributed by atoms with Crippen LogP contribution in [0.3, 0.4) is 0 Å². The third-order valence-electron chi connectivity index (χ3n) is 8.33. The van der Waals surface area contributed by atoms with Crippen molar-refractivity contribution in [3.05, 3.63) is 107 Å². The number of nitrogens with one attached hydrogen (secondary N) is 3. The van der Waals surface area contributed by atoms with Gasteiger partial charge in [-0.2, -0.15) is 0 Å². The largest absolute Gasteiger partial charge is 0.445 e. The monoisotopic (exact) mass is 537 g/mol. The minimum atomic E-state index is -1.22. The lowest BCUT2D eigenvalue weighted by Gasteiger charge is -2.39. The number of fused-ring (bicyclic) bond motifs is 1. The van der Waals surface area contributed by atoms with E-state index in [1.54, 1.807) is 6.92 Å². The molecule has 0 saturated heterocycles. The molecule has 0 aliphatic heterocycles. The first-order chi connectivity index (χ1) is 19.4. The van der Waals surface area contributed by atoms with Crippen molar-refractivity contribution in [2.75, 3.05) is 6.54 Å². The standard InChI is InChI=1S/C34H39N3O3/c1-25-12-11-13-26(20-25)23-40-32(39)37-33(2,21-27-22-35-30-17-8-7-16-29(27)30)31(38)36-24-34(18-9-4-10-19-34)28-14-5-3-6-15-28/h3,5-8,11-17,20,22,35H,4,9-10,18-19,21,23-24H2,1-2H3,(H,36,38)(H,37,39). The molecule has 6 nitrogen and oxygen atoms in total. The van der Waals surface area contributed by atoms with Gasteiger partial charge in [0.25, 0.3) is 0 Å². The normalized spacial score (nSPS) is 16.1. The van der Waals surface area contributed by atoms with Gasteiger partial charge in [0, 0.05) is 35.5 Å². The predicted octanol–water partition coefficient (Wildman–Crippen LogP) is 6.72. The van der Waals surface area contributed by atoms with Crippen molar-refractivity contribution in [3.63, 3.8) is 0 Å². The van der Waals surface area contributed by atoms with E-state index in [1.165, 1.54) is 12.0 Å². The molecule has 3 aromatic carbocycles. The molecule has 1 aromatic heterocycles. The zero-order chi connectivity index (χ0) is 28.0. The van der Waals surface area contributed by atoms with Crippen LogP contribution in [0.15, 0.2) is 85.1 Å². The second-order valence-electron chi connectivity index (χ2n) is 11.4. The fraction of sp³-hybridized carbons (Fsp3) is 0.353. The van der Waals surface area contributed by atoms with E-state index in [2.05, 4.69) is 39.9 Å². The molecule has 1 aliphatic rings. The van der Waals surface area contributed by atoms with Crippen molar-refractivity contribution < 1.29 is 14.3 Å². The molecule has 2 amide bonds. The van der Waals surface area contributed by atoms with Gasteiger partial charge in [0.2, 0.25) is 5.91 Å². The molecule has 0 spiro atoms. The van der Waals surface area contributed by atoms with Crippen molar-refractivity contribution in [2.24, 2.45) is 0 Å². The van der Waals surface area contributed by atoms with Crippen LogP contribution in [0.25, 0.3) is 10.9 Å². The first-order valence-electron chi connectivity index (χ1n) is 14.3. The summed E-state index contributed by atoms with van der Waals surface area (Å²) < 4.78 is 5.58. The summed E-state index contributed by atoms with van der Waals surface area (Å²) in [5.41, 5.74) is 3.89. The summed E-state index contributed by atoms with van der Waals surface area (Å²) >= 11 is 0. The highest BCUT2D eigenvalue weighted by Crippen LogP contribution is 2.39. The average Bonchev–Trinajstić information content (AvgIpc) is 3.38. The van der Waals surface area contributed by atoms with Gasteiger partial charge in [0.1, 0.15) is 12.1 Å². The summed E-state index contributed by atoms with van der Waals surface area (Å²) in [6.07, 6.45) is 7.18. The second kappa shape index (κ2) is 12.0. The van der Waals surface area contributed by atoms with E-state index in [9.17, 15) is 9.59 Å². The van der Waals surface area contributed by atoms with Gasteiger partial charge in [-0.1, -0.05) is 97.6 Å². The highest BCUT2D eigenvalue weighted by atomic mass is 16.5. The van der Waals surface area contributed by atoms with Crippen LogP contribution in [0.1, 0.15) is 61.3 Å². The Bertz CT molecular complexity index is 1460. The van der Waals surface area contributed by atoms with Crippen molar-refractivity contribution >= 4 is 22.9 Å². The van der Waals surface area contributed by atoms with Gasteiger partial charge in [-0.05, 0) is 49.4 Å². The predicted molar refractivity (Wildman–Crippen MR) is 159 cm³/mol. The molecule has 3 N–H and O–H groups in total. The zero-order valence-corrected chi connectivity index (χ0v) is 23.5. The molecule has 208 valence electrons. The van der Waals surface area contributed by atoms with E-state index < -0.39 is 11.6 Å². The Labute approximate surface area is 236 Å². The maximum Gasteiger partial charge on any atom is 0.408 e. The number of aryl methyl sites for hydroxylation is 1. The molecule has 5 rings (SSSR count). The topological polar surface area (TPSA) is 83.2 Å². The molecule has 0 radical (unpaired) electrons. The van der Waals surface area contributed by atoms with Crippen LogP contribution < -0.4 is 10.6 Å². The van der Waals surface area contributed by atoms with Crippen LogP contribution in [0.2, 0.25) is 0 Å². The van der Waals surface area contributed by atoms with Gasteiger partial charge < -0.3 is 20.4 Å². The Morgan fingerprint density at radius 2 is 1.70 bits per heavy atom. The number of rotatable bonds is 9. The van der Waals surface area contributed by atoms with Crippen LogP contribution in [-0.2, 0) is 28.0 Å². The van der Waals surface area contributed by atoms with Crippen LogP contribution >= 0.6 is 0 Å². The molecule has 1 fully saturated rings. The molecule has 4 aromatic rings. The van der Waals surface area contributed by atoms with Gasteiger partial charge in [0.05, 0.1) is 0 Å². The minimum absolute atomic E-state index is 0.109. The van der Waals surface area contributed by atoms with Crippen molar-refractivity contribution in [2.45, 2.75) is 69.9 Å². The van der Waals surface area contributed by atoms with E-state index in [4.69, 9.17) is 4.74 Å². The second-order valence-corrected chi connectivity index (χ2v) is 11.4. The van der Waals surface area contributed by atoms with E-state index in [0.717, 1.165) is 53.3 Å². The van der Waals surface area contributed by atoms with E-state index in [0.29, 0.717) is 13.0 Å². The van der Waals surface area contributed by atoms with Gasteiger partial charge in [0.15, 0.2) is 0 Å². The highest BCUT2D eigenvalue weighted by molar-refractivity contribution is 5.91. The van der Waals surface area contributed by atoms with Crippen LogP contribution in [-0.4, -0.2) is 29.1 Å². The molecular formula is C34H39N3O3. The molecule has 1 heterocycles. The number of aromatic nitrogens is 1. The molecular weight excluding hydrogens is 498 g/mol. The third kappa shape index (κ3) is 6.22. The molecule has 40 heavy (non-hydrogen) atoms. The number of aromatic amines is 1. The number of hydrogen-bond acceptors (Lipinski definition) is 3. The first-order valence-corrected chi connectivity index (χ1v) is 14.3. The summed E-state index contributed by atoms with van der Waals surface area (Å²) in [6, 6.07) is 26.3. The molecule has 1 saturated carbocycles. The lowest BCUT2D eigenvalue weighted by molar-refractivity contribution is -0.127. The number of H-pyrrole nitrogens is 1. The maximum atomic E-state index is 14.0. The maximum absolute atomic E-state index is 14.0. The SMILES string of the molecule is Cc1cccc(COC(=O)NC(C)(Cc2c[nH]c3ccccc23)C(=O)NCC2(c3ccccc3)CCCCC2)c1. The van der Waals surface area contributed by atoms with E-state index in [1.807, 2.05) is 67.7 Å². The van der Waals surface area contributed by atoms with E-state index in [-0.39, 0.29) is 17.9 Å². The van der Waals surface area contributed by atoms with Crippen LogP contribution in [0, 0.1) is 6.92 Å². The van der Waals surface area contributed by atoms with E-state index >= 15 is 0 Å². The number of benzene rings is 3. The summed E-state index contributed by atoms with van der Waals surface area (Å²) in [7, 11) is 0. The Balaban J connectivity index is 1.36. The van der Waals surface area contributed by atoms with Gasteiger partial charge in [-0.15, -0.1) is 0 Å². The number of carbonyl (C=O) groups is 2. The number of amides is 2. The van der Waals surface area contributed by atoms with Crippen molar-refractivity contribution in [1.29, 1.82) is 0 Å². The van der Waals surface area contributed by atoms with Gasteiger partial charge in [-0.3, -0.25) is 4.79 Å². The minimum Gasteiger partial charge on any atom is -0.445 e. The number of alkyl carbamates (subject to hydrolysis) is 1. The first kappa shape index (κ1) is 27.5. The Morgan fingerprint density at radius 3 is 2.48 bits per heavy atom. The smallest absolute Gasteiger partial charge is 0.408 e. The fourth-order valence-corrected chi connectivity index (χ4v) is 6.08. The van der Waals surface area contributed by atoms with Gasteiger partial charge >= 0.3 is 6.09 Å². The summed E-state index contributed by atoms with van der Waals surface area (Å²) in [6.45, 7) is 4.45. The van der Waals surface area contributed by atoms with Gasteiger partial charge in [-0.25, -0.2) is 4.79 Å². The quantitative estimate of drug-likeness (QED) is 0.222. The van der Waals surface area contributed by atoms with Crippen LogP contribution in [0.5, 0.6) is 0 Å². The number of para-hydroxylation sites is 1. The third-order valence-corrected chi connectivity index (χ3v) is 8.33. The fourth-order valence-electron chi connectivity index (χ4n) is 6.08. The lowest BCUT2D eigenvalue weighted by Crippen LogP contribution is -2.59. The highest BCUT2D eigenvalue weighted by Gasteiger charge is 2.40. The molecule has 6 heteroatoms. The number of ether oxygens (including phenoxy) is 1. The molecule has 1 aliphatic carbocycles. The lowest BCUT2D eigenvalue weighted by atomic mass is 9.69. The number of carbonyl (C=O) groups excluding carboxylic acids is 2. The Hall–Kier alpha value is -4.06. The zero-order valence-electron chi connectivity index (χ0n) is 23.5. The Morgan fingerprint density at radius 1 is 0.950 bits per heavy atom. The summed E-state index contributed by atoms with van der Waals surface area (Å²) in [5.74, 6) is -0.217. The van der Waals surface area contributed by atoms with Crippen molar-refractivity contribution in [3.8, 4) is 0 Å². The molecule has 1 atom stereocenters. The van der Waals surface area contributed by atoms with Crippen molar-refractivity contribution in [1.82, 2.24) is 15.6 Å². The van der Waals surface area contributed by atoms with Crippen LogP contribution in [0.4, 0.5) is 4.79 Å². The number of hydrogen-bond donors (Lipinski definition) is 3. The average molecular weight is 538 g/mol.